The molecule has 2 heterocycles. The second kappa shape index (κ2) is 10.3. The molecule has 1 saturated heterocycles. The predicted octanol–water partition coefficient (Wildman–Crippen LogP) is 3.52. The van der Waals surface area contributed by atoms with E-state index in [2.05, 4.69) is 34.5 Å². The van der Waals surface area contributed by atoms with Crippen LogP contribution in [0.15, 0.2) is 77.7 Å². The van der Waals surface area contributed by atoms with E-state index < -0.39 is 10.0 Å². The lowest BCUT2D eigenvalue weighted by Gasteiger charge is -2.28. The maximum absolute atomic E-state index is 12.9. The highest BCUT2D eigenvalue weighted by molar-refractivity contribution is 7.89. The maximum atomic E-state index is 12.9. The van der Waals surface area contributed by atoms with Gasteiger partial charge in [-0.1, -0.05) is 42.5 Å². The average molecular weight is 492 g/mol. The zero-order valence-electron chi connectivity index (χ0n) is 19.5. The molecule has 0 aliphatic carbocycles. The van der Waals surface area contributed by atoms with Gasteiger partial charge in [0.25, 0.3) is 5.91 Å². The van der Waals surface area contributed by atoms with Gasteiger partial charge in [0.1, 0.15) is 0 Å². The highest BCUT2D eigenvalue weighted by atomic mass is 32.2. The molecule has 5 rings (SSSR count). The number of sulfonamides is 1. The minimum atomic E-state index is -3.63. The Morgan fingerprint density at radius 1 is 0.886 bits per heavy atom. The first-order valence-electron chi connectivity index (χ1n) is 11.9. The van der Waals surface area contributed by atoms with E-state index in [1.165, 1.54) is 21.5 Å². The second-order valence-electron chi connectivity index (χ2n) is 8.92. The van der Waals surface area contributed by atoms with E-state index in [9.17, 15) is 13.2 Å². The van der Waals surface area contributed by atoms with E-state index >= 15 is 0 Å². The molecule has 35 heavy (non-hydrogen) atoms. The molecule has 2 aliphatic rings. The molecule has 182 valence electrons. The van der Waals surface area contributed by atoms with Crippen LogP contribution in [-0.2, 0) is 34.3 Å². The topological polar surface area (TPSA) is 79.0 Å². The molecule has 1 fully saturated rings. The molecule has 1 N–H and O–H groups in total. The van der Waals surface area contributed by atoms with Crippen LogP contribution in [0.5, 0.6) is 0 Å². The van der Waals surface area contributed by atoms with Crippen LogP contribution in [0.25, 0.3) is 0 Å². The number of carbonyl (C=O) groups is 1. The number of carbonyl (C=O) groups excluding carboxylic acids is 1. The van der Waals surface area contributed by atoms with E-state index in [0.29, 0.717) is 37.6 Å². The number of nitrogens with one attached hydrogen (secondary N) is 1. The molecule has 0 unspecified atom stereocenters. The van der Waals surface area contributed by atoms with Crippen molar-refractivity contribution < 1.29 is 17.9 Å². The quantitative estimate of drug-likeness (QED) is 0.571. The molecule has 0 aromatic heterocycles. The van der Waals surface area contributed by atoms with Gasteiger partial charge >= 0.3 is 0 Å². The summed E-state index contributed by atoms with van der Waals surface area (Å²) in [5.74, 6) is -0.274. The Balaban J connectivity index is 1.22. The third-order valence-corrected chi connectivity index (χ3v) is 8.43. The lowest BCUT2D eigenvalue weighted by Crippen LogP contribution is -2.40. The monoisotopic (exact) mass is 491 g/mol. The van der Waals surface area contributed by atoms with Crippen LogP contribution >= 0.6 is 0 Å². The standard InChI is InChI=1S/C27H29N3O4S/c31-27(28-25-6-3-7-26(18-25)35(32,33)30-14-16-34-17-15-30)23-10-8-21(9-11-23)19-29-13-12-22-4-1-2-5-24(22)20-29/h1-11,18H,12-17,19-20H2,(H,28,31). The van der Waals surface area contributed by atoms with Crippen LogP contribution < -0.4 is 5.32 Å². The summed E-state index contributed by atoms with van der Waals surface area (Å²) < 4.78 is 32.5. The van der Waals surface area contributed by atoms with Crippen molar-refractivity contribution in [1.82, 2.24) is 9.21 Å². The Hall–Kier alpha value is -3.04. The minimum absolute atomic E-state index is 0.163. The van der Waals surface area contributed by atoms with Crippen molar-refractivity contribution in [1.29, 1.82) is 0 Å². The van der Waals surface area contributed by atoms with Crippen LogP contribution in [0, 0.1) is 0 Å². The largest absolute Gasteiger partial charge is 0.379 e. The molecular weight excluding hydrogens is 462 g/mol. The summed E-state index contributed by atoms with van der Waals surface area (Å²) in [5.41, 5.74) is 4.93. The highest BCUT2D eigenvalue weighted by Gasteiger charge is 2.26. The summed E-state index contributed by atoms with van der Waals surface area (Å²) in [4.78, 5) is 15.4. The highest BCUT2D eigenvalue weighted by Crippen LogP contribution is 2.22. The lowest BCUT2D eigenvalue weighted by atomic mass is 9.99. The molecular formula is C27H29N3O4S. The smallest absolute Gasteiger partial charge is 0.255 e. The zero-order chi connectivity index (χ0) is 24.3. The Morgan fingerprint density at radius 3 is 2.40 bits per heavy atom. The average Bonchev–Trinajstić information content (AvgIpc) is 2.90. The lowest BCUT2D eigenvalue weighted by molar-refractivity contribution is 0.0730. The van der Waals surface area contributed by atoms with Crippen LogP contribution in [0.3, 0.4) is 0 Å². The first kappa shape index (κ1) is 23.7. The van der Waals surface area contributed by atoms with Gasteiger partial charge in [0, 0.05) is 44.0 Å². The number of benzene rings is 3. The molecule has 2 aliphatic heterocycles. The molecule has 0 saturated carbocycles. The summed E-state index contributed by atoms with van der Waals surface area (Å²) in [6, 6.07) is 22.6. The number of hydrogen-bond acceptors (Lipinski definition) is 5. The van der Waals surface area contributed by atoms with Crippen molar-refractivity contribution in [3.63, 3.8) is 0 Å². The third kappa shape index (κ3) is 5.46. The van der Waals surface area contributed by atoms with Crippen molar-refractivity contribution >= 4 is 21.6 Å². The number of amides is 1. The van der Waals surface area contributed by atoms with Crippen molar-refractivity contribution in [3.8, 4) is 0 Å². The van der Waals surface area contributed by atoms with Crippen LogP contribution in [-0.4, -0.2) is 56.4 Å². The fourth-order valence-corrected chi connectivity index (χ4v) is 6.04. The summed E-state index contributed by atoms with van der Waals surface area (Å²) in [6.07, 6.45) is 1.05. The van der Waals surface area contributed by atoms with E-state index in [-0.39, 0.29) is 10.8 Å². The molecule has 0 radical (unpaired) electrons. The SMILES string of the molecule is O=C(Nc1cccc(S(=O)(=O)N2CCOCC2)c1)c1ccc(CN2CCc3ccccc3C2)cc1. The Labute approximate surface area is 206 Å². The van der Waals surface area contributed by atoms with Gasteiger partial charge in [0.2, 0.25) is 10.0 Å². The van der Waals surface area contributed by atoms with Gasteiger partial charge in [-0.05, 0) is 53.4 Å². The van der Waals surface area contributed by atoms with E-state index in [1.54, 1.807) is 18.2 Å². The van der Waals surface area contributed by atoms with E-state index in [0.717, 1.165) is 31.6 Å². The summed E-state index contributed by atoms with van der Waals surface area (Å²) in [5, 5.41) is 2.83. The van der Waals surface area contributed by atoms with Crippen molar-refractivity contribution in [3.05, 3.63) is 95.1 Å². The van der Waals surface area contributed by atoms with Gasteiger partial charge in [-0.25, -0.2) is 8.42 Å². The first-order valence-corrected chi connectivity index (χ1v) is 13.3. The summed E-state index contributed by atoms with van der Waals surface area (Å²) >= 11 is 0. The normalized spacial score (nSPS) is 17.0. The van der Waals surface area contributed by atoms with E-state index in [4.69, 9.17) is 4.74 Å². The second-order valence-corrected chi connectivity index (χ2v) is 10.9. The number of nitrogens with zero attached hydrogens (tertiary/aromatic N) is 2. The first-order chi connectivity index (χ1) is 17.0. The van der Waals surface area contributed by atoms with Gasteiger partial charge in [0.05, 0.1) is 18.1 Å². The number of morpholine rings is 1. The fraction of sp³-hybridized carbons (Fsp3) is 0.296. The van der Waals surface area contributed by atoms with Gasteiger partial charge < -0.3 is 10.1 Å². The minimum Gasteiger partial charge on any atom is -0.379 e. The Bertz CT molecular complexity index is 1300. The zero-order valence-corrected chi connectivity index (χ0v) is 20.3. The van der Waals surface area contributed by atoms with Gasteiger partial charge in [-0.2, -0.15) is 4.31 Å². The fourth-order valence-electron chi connectivity index (χ4n) is 4.58. The van der Waals surface area contributed by atoms with Crippen LogP contribution in [0.2, 0.25) is 0 Å². The van der Waals surface area contributed by atoms with Crippen molar-refractivity contribution in [2.24, 2.45) is 0 Å². The van der Waals surface area contributed by atoms with Crippen LogP contribution in [0.1, 0.15) is 27.0 Å². The number of hydrogen-bond donors (Lipinski definition) is 1. The predicted molar refractivity (Wildman–Crippen MR) is 135 cm³/mol. The molecule has 1 amide bonds. The Morgan fingerprint density at radius 2 is 1.63 bits per heavy atom. The molecule has 0 spiro atoms. The number of rotatable bonds is 6. The summed E-state index contributed by atoms with van der Waals surface area (Å²) in [6.45, 7) is 4.21. The van der Waals surface area contributed by atoms with Gasteiger partial charge in [-0.15, -0.1) is 0 Å². The maximum Gasteiger partial charge on any atom is 0.255 e. The molecule has 7 nitrogen and oxygen atoms in total. The van der Waals surface area contributed by atoms with Gasteiger partial charge in [-0.3, -0.25) is 9.69 Å². The van der Waals surface area contributed by atoms with Gasteiger partial charge in [0.15, 0.2) is 0 Å². The Kier molecular flexibility index (Phi) is 6.97. The van der Waals surface area contributed by atoms with E-state index in [1.807, 2.05) is 24.3 Å². The summed E-state index contributed by atoms with van der Waals surface area (Å²) in [7, 11) is -3.63. The molecule has 8 heteroatoms. The number of ether oxygens (including phenoxy) is 1. The van der Waals surface area contributed by atoms with Crippen molar-refractivity contribution in [2.45, 2.75) is 24.4 Å². The third-order valence-electron chi connectivity index (χ3n) is 6.53. The number of anilines is 1. The molecule has 3 aromatic carbocycles. The molecule has 0 bridgehead atoms. The molecule has 3 aromatic rings. The number of fused-ring (bicyclic) bond motifs is 1. The van der Waals surface area contributed by atoms with Crippen LogP contribution in [0.4, 0.5) is 5.69 Å². The van der Waals surface area contributed by atoms with Crippen molar-refractivity contribution in [2.75, 3.05) is 38.2 Å². The molecule has 0 atom stereocenters.